The van der Waals surface area contributed by atoms with Crippen LogP contribution in [0.25, 0.3) is 0 Å². The van der Waals surface area contributed by atoms with Crippen molar-refractivity contribution in [2.75, 3.05) is 13.1 Å². The molecule has 0 radical (unpaired) electrons. The number of aliphatic carboxylic acids is 1. The summed E-state index contributed by atoms with van der Waals surface area (Å²) in [5.74, 6) is -1.04. The highest BCUT2D eigenvalue weighted by Crippen LogP contribution is 2.08. The molecule has 0 saturated heterocycles. The molecule has 5 heteroatoms. The van der Waals surface area contributed by atoms with Crippen molar-refractivity contribution in [1.29, 1.82) is 0 Å². The van der Waals surface area contributed by atoms with Crippen LogP contribution in [0.5, 0.6) is 0 Å². The molecule has 0 bridgehead atoms. The molecule has 0 heterocycles. The van der Waals surface area contributed by atoms with E-state index in [1.807, 2.05) is 20.8 Å². The normalized spacial score (nSPS) is 13.8. The van der Waals surface area contributed by atoms with E-state index in [1.165, 1.54) is 0 Å². The third-order valence-electron chi connectivity index (χ3n) is 3.21. The lowest BCUT2D eigenvalue weighted by atomic mass is 9.99. The van der Waals surface area contributed by atoms with Gasteiger partial charge in [0.1, 0.15) is 6.04 Å². The van der Waals surface area contributed by atoms with Crippen LogP contribution >= 0.6 is 0 Å². The number of amides is 2. The van der Waals surface area contributed by atoms with Crippen LogP contribution in [0.2, 0.25) is 0 Å². The molecule has 5 nitrogen and oxygen atoms in total. The fraction of sp³-hybridized carbons (Fsp3) is 0.846. The van der Waals surface area contributed by atoms with Crippen molar-refractivity contribution in [1.82, 2.24) is 10.2 Å². The van der Waals surface area contributed by atoms with Crippen LogP contribution in [0.3, 0.4) is 0 Å². The van der Waals surface area contributed by atoms with Gasteiger partial charge < -0.3 is 15.3 Å². The van der Waals surface area contributed by atoms with E-state index < -0.39 is 12.0 Å². The van der Waals surface area contributed by atoms with E-state index in [4.69, 9.17) is 5.11 Å². The molecule has 18 heavy (non-hydrogen) atoms. The molecule has 106 valence electrons. The predicted octanol–water partition coefficient (Wildman–Crippen LogP) is 2.32. The second kappa shape index (κ2) is 8.78. The van der Waals surface area contributed by atoms with Gasteiger partial charge in [-0.2, -0.15) is 0 Å². The third kappa shape index (κ3) is 5.38. The summed E-state index contributed by atoms with van der Waals surface area (Å²) < 4.78 is 0. The Morgan fingerprint density at radius 2 is 1.89 bits per heavy atom. The molecule has 0 fully saturated rings. The first-order valence-electron chi connectivity index (χ1n) is 6.76. The smallest absolute Gasteiger partial charge is 0.326 e. The molecule has 0 aromatic carbocycles. The number of nitrogens with one attached hydrogen (secondary N) is 1. The summed E-state index contributed by atoms with van der Waals surface area (Å²) in [7, 11) is 0. The average Bonchev–Trinajstić information content (AvgIpc) is 2.35. The first-order chi connectivity index (χ1) is 8.47. The zero-order chi connectivity index (χ0) is 14.1. The van der Waals surface area contributed by atoms with Gasteiger partial charge in [0.2, 0.25) is 0 Å². The average molecular weight is 258 g/mol. The maximum atomic E-state index is 12.0. The molecule has 0 aromatic heterocycles. The molecular formula is C13H26N2O3. The Morgan fingerprint density at radius 3 is 2.28 bits per heavy atom. The van der Waals surface area contributed by atoms with Gasteiger partial charge in [-0.05, 0) is 19.3 Å². The minimum atomic E-state index is -0.968. The Kier molecular flexibility index (Phi) is 8.16. The van der Waals surface area contributed by atoms with Crippen LogP contribution in [0.1, 0.15) is 47.0 Å². The number of carbonyl (C=O) groups excluding carboxylic acids is 1. The Morgan fingerprint density at radius 1 is 1.28 bits per heavy atom. The molecule has 0 aliphatic heterocycles. The van der Waals surface area contributed by atoms with Crippen LogP contribution in [-0.4, -0.2) is 41.1 Å². The van der Waals surface area contributed by atoms with Crippen LogP contribution in [0.4, 0.5) is 4.79 Å². The molecule has 1 unspecified atom stereocenters. The Balaban J connectivity index is 4.51. The zero-order valence-corrected chi connectivity index (χ0v) is 11.9. The van der Waals surface area contributed by atoms with Gasteiger partial charge in [0.05, 0.1) is 0 Å². The lowest BCUT2D eigenvalue weighted by Crippen LogP contribution is -2.50. The number of carbonyl (C=O) groups is 2. The SMILES string of the molecule is CCCCN(CC)C(=O)N[C@H](C(=O)O)C(C)CC. The van der Waals surface area contributed by atoms with E-state index >= 15 is 0 Å². The fourth-order valence-electron chi connectivity index (χ4n) is 1.66. The van der Waals surface area contributed by atoms with Gasteiger partial charge in [0.25, 0.3) is 0 Å². The van der Waals surface area contributed by atoms with Gasteiger partial charge in [0.15, 0.2) is 0 Å². The highest BCUT2D eigenvalue weighted by Gasteiger charge is 2.26. The molecule has 2 amide bonds. The van der Waals surface area contributed by atoms with Crippen molar-refractivity contribution in [3.63, 3.8) is 0 Å². The first-order valence-corrected chi connectivity index (χ1v) is 6.76. The zero-order valence-electron chi connectivity index (χ0n) is 11.9. The maximum absolute atomic E-state index is 12.0. The van der Waals surface area contributed by atoms with E-state index in [-0.39, 0.29) is 11.9 Å². The van der Waals surface area contributed by atoms with Crippen molar-refractivity contribution in [3.8, 4) is 0 Å². The predicted molar refractivity (Wildman–Crippen MR) is 71.6 cm³/mol. The molecule has 0 aliphatic carbocycles. The number of carboxylic acids is 1. The summed E-state index contributed by atoms with van der Waals surface area (Å²) in [4.78, 5) is 24.7. The molecule has 0 spiro atoms. The van der Waals surface area contributed by atoms with E-state index in [0.717, 1.165) is 19.3 Å². The van der Waals surface area contributed by atoms with Crippen molar-refractivity contribution >= 4 is 12.0 Å². The molecule has 0 rings (SSSR count). The van der Waals surface area contributed by atoms with Gasteiger partial charge in [-0.3, -0.25) is 0 Å². The summed E-state index contributed by atoms with van der Waals surface area (Å²) in [6.45, 7) is 8.98. The topological polar surface area (TPSA) is 69.6 Å². The molecule has 0 aromatic rings. The number of nitrogens with zero attached hydrogens (tertiary/aromatic N) is 1. The summed E-state index contributed by atoms with van der Waals surface area (Å²) in [5.41, 5.74) is 0. The van der Waals surface area contributed by atoms with Crippen molar-refractivity contribution in [3.05, 3.63) is 0 Å². The van der Waals surface area contributed by atoms with Gasteiger partial charge >= 0.3 is 12.0 Å². The molecule has 0 saturated carbocycles. The monoisotopic (exact) mass is 258 g/mol. The maximum Gasteiger partial charge on any atom is 0.326 e. The van der Waals surface area contributed by atoms with Gasteiger partial charge in [0, 0.05) is 13.1 Å². The minimum absolute atomic E-state index is 0.0728. The van der Waals surface area contributed by atoms with Crippen molar-refractivity contribution in [2.45, 2.75) is 53.0 Å². The fourth-order valence-corrected chi connectivity index (χ4v) is 1.66. The molecular weight excluding hydrogens is 232 g/mol. The molecule has 2 N–H and O–H groups in total. The quantitative estimate of drug-likeness (QED) is 0.702. The summed E-state index contributed by atoms with van der Waals surface area (Å²) in [5, 5.41) is 11.7. The van der Waals surface area contributed by atoms with Crippen LogP contribution in [-0.2, 0) is 4.79 Å². The Labute approximate surface area is 110 Å². The number of rotatable bonds is 8. The number of hydrogen-bond acceptors (Lipinski definition) is 2. The lowest BCUT2D eigenvalue weighted by Gasteiger charge is -2.26. The van der Waals surface area contributed by atoms with Crippen molar-refractivity contribution < 1.29 is 14.7 Å². The van der Waals surface area contributed by atoms with E-state index in [9.17, 15) is 9.59 Å². The number of unbranched alkanes of at least 4 members (excludes halogenated alkanes) is 1. The standard InChI is InChI=1S/C13H26N2O3/c1-5-8-9-15(7-3)13(18)14-11(12(16)17)10(4)6-2/h10-11H,5-9H2,1-4H3,(H,14,18)(H,16,17)/t10?,11-/m0/s1. The Hall–Kier alpha value is -1.26. The van der Waals surface area contributed by atoms with E-state index in [1.54, 1.807) is 4.90 Å². The Bertz CT molecular complexity index is 269. The van der Waals surface area contributed by atoms with Crippen molar-refractivity contribution in [2.24, 2.45) is 5.92 Å². The summed E-state index contributed by atoms with van der Waals surface area (Å²) >= 11 is 0. The minimum Gasteiger partial charge on any atom is -0.480 e. The number of carboxylic acid groups (broad SMARTS) is 1. The van der Waals surface area contributed by atoms with Gasteiger partial charge in [-0.1, -0.05) is 33.6 Å². The number of urea groups is 1. The highest BCUT2D eigenvalue weighted by atomic mass is 16.4. The van der Waals surface area contributed by atoms with Gasteiger partial charge in [-0.25, -0.2) is 9.59 Å². The lowest BCUT2D eigenvalue weighted by molar-refractivity contribution is -0.140. The third-order valence-corrected chi connectivity index (χ3v) is 3.21. The second-order valence-corrected chi connectivity index (χ2v) is 4.58. The van der Waals surface area contributed by atoms with Crippen LogP contribution < -0.4 is 5.32 Å². The first kappa shape index (κ1) is 16.7. The highest BCUT2D eigenvalue weighted by molar-refractivity contribution is 5.82. The van der Waals surface area contributed by atoms with Crippen LogP contribution in [0, 0.1) is 5.92 Å². The van der Waals surface area contributed by atoms with Crippen LogP contribution in [0.15, 0.2) is 0 Å². The molecule has 2 atom stereocenters. The van der Waals surface area contributed by atoms with E-state index in [2.05, 4.69) is 12.2 Å². The second-order valence-electron chi connectivity index (χ2n) is 4.58. The largest absolute Gasteiger partial charge is 0.480 e. The summed E-state index contributed by atoms with van der Waals surface area (Å²) in [6, 6.07) is -1.09. The van der Waals surface area contributed by atoms with E-state index in [0.29, 0.717) is 13.1 Å². The number of hydrogen-bond donors (Lipinski definition) is 2. The van der Waals surface area contributed by atoms with Gasteiger partial charge in [-0.15, -0.1) is 0 Å². The summed E-state index contributed by atoms with van der Waals surface area (Å²) in [6.07, 6.45) is 2.66. The molecule has 0 aliphatic rings.